The van der Waals surface area contributed by atoms with Gasteiger partial charge in [-0.3, -0.25) is 10.6 Å². The third kappa shape index (κ3) is 2.94. The first kappa shape index (κ1) is 14.4. The van der Waals surface area contributed by atoms with Crippen LogP contribution in [0.25, 0.3) is 0 Å². The number of anilines is 2. The number of nitrogens with one attached hydrogen (secondary N) is 2. The van der Waals surface area contributed by atoms with Crippen molar-refractivity contribution >= 4 is 33.3 Å². The van der Waals surface area contributed by atoms with E-state index in [2.05, 4.69) is 31.7 Å². The molecule has 2 aromatic rings. The third-order valence-electron chi connectivity index (χ3n) is 2.67. The average Bonchev–Trinajstić information content (AvgIpc) is 2.42. The van der Waals surface area contributed by atoms with E-state index in [9.17, 15) is 9.18 Å². The van der Waals surface area contributed by atoms with Crippen molar-refractivity contribution in [1.29, 1.82) is 0 Å². The molecule has 1 aromatic heterocycles. The molecule has 0 saturated heterocycles. The number of aromatic nitrogens is 1. The molecule has 0 aliphatic rings. The molecule has 2 rings (SSSR count). The highest BCUT2D eigenvalue weighted by Gasteiger charge is 2.15. The van der Waals surface area contributed by atoms with Crippen LogP contribution in [0.3, 0.4) is 0 Å². The number of hydrogen-bond donors (Lipinski definition) is 3. The quantitative estimate of drug-likeness (QED) is 0.593. The molecular formula is C13H12BrFN4O. The molecule has 0 aliphatic heterocycles. The van der Waals surface area contributed by atoms with Gasteiger partial charge in [-0.2, -0.15) is 0 Å². The van der Waals surface area contributed by atoms with Crippen molar-refractivity contribution in [2.75, 3.05) is 10.7 Å². The minimum atomic E-state index is -0.597. The SMILES string of the molecule is Cc1nc(NC(=O)c2cccc(F)c2NN)ccc1Br. The van der Waals surface area contributed by atoms with Gasteiger partial charge in [0, 0.05) is 4.47 Å². The zero-order chi connectivity index (χ0) is 14.7. The van der Waals surface area contributed by atoms with Gasteiger partial charge in [-0.25, -0.2) is 9.37 Å². The number of para-hydroxylation sites is 1. The molecule has 7 heteroatoms. The van der Waals surface area contributed by atoms with Gasteiger partial charge in [0.1, 0.15) is 11.6 Å². The maximum Gasteiger partial charge on any atom is 0.259 e. The maximum absolute atomic E-state index is 13.5. The number of nitrogen functional groups attached to an aromatic ring is 1. The van der Waals surface area contributed by atoms with E-state index >= 15 is 0 Å². The second-order valence-electron chi connectivity index (χ2n) is 4.02. The van der Waals surface area contributed by atoms with Crippen molar-refractivity contribution in [2.45, 2.75) is 6.92 Å². The van der Waals surface area contributed by atoms with Gasteiger partial charge in [0.2, 0.25) is 0 Å². The largest absolute Gasteiger partial charge is 0.321 e. The molecule has 104 valence electrons. The summed E-state index contributed by atoms with van der Waals surface area (Å²) in [5.41, 5.74) is 2.97. The van der Waals surface area contributed by atoms with Gasteiger partial charge in [-0.05, 0) is 47.1 Å². The number of rotatable bonds is 3. The van der Waals surface area contributed by atoms with E-state index in [1.54, 1.807) is 19.1 Å². The van der Waals surface area contributed by atoms with Gasteiger partial charge in [-0.15, -0.1) is 0 Å². The van der Waals surface area contributed by atoms with E-state index in [0.717, 1.165) is 10.2 Å². The Bertz CT molecular complexity index is 663. The standard InChI is InChI=1S/C13H12BrFN4O/c1-7-9(14)5-6-11(17-7)18-13(20)8-3-2-4-10(15)12(8)19-16/h2-6,19H,16H2,1H3,(H,17,18,20). The van der Waals surface area contributed by atoms with Crippen LogP contribution in [-0.4, -0.2) is 10.9 Å². The van der Waals surface area contributed by atoms with Gasteiger partial charge >= 0.3 is 0 Å². The molecular weight excluding hydrogens is 327 g/mol. The molecule has 20 heavy (non-hydrogen) atoms. The lowest BCUT2D eigenvalue weighted by Crippen LogP contribution is -2.19. The Labute approximate surface area is 123 Å². The van der Waals surface area contributed by atoms with Crippen molar-refractivity contribution in [1.82, 2.24) is 4.98 Å². The van der Waals surface area contributed by atoms with Gasteiger partial charge in [-0.1, -0.05) is 6.07 Å². The number of aryl methyl sites for hydroxylation is 1. The van der Waals surface area contributed by atoms with Gasteiger partial charge in [0.25, 0.3) is 5.91 Å². The number of nitrogens with two attached hydrogens (primary N) is 1. The zero-order valence-electron chi connectivity index (χ0n) is 10.6. The molecule has 5 nitrogen and oxygen atoms in total. The predicted octanol–water partition coefficient (Wildman–Crippen LogP) is 2.83. The first-order valence-electron chi connectivity index (χ1n) is 5.72. The molecule has 1 aromatic carbocycles. The number of hydrogen-bond acceptors (Lipinski definition) is 4. The van der Waals surface area contributed by atoms with E-state index in [-0.39, 0.29) is 11.3 Å². The number of pyridine rings is 1. The van der Waals surface area contributed by atoms with Crippen molar-refractivity contribution < 1.29 is 9.18 Å². The molecule has 0 bridgehead atoms. The Morgan fingerprint density at radius 1 is 1.35 bits per heavy atom. The van der Waals surface area contributed by atoms with Gasteiger partial charge < -0.3 is 10.7 Å². The highest BCUT2D eigenvalue weighted by atomic mass is 79.9. The fraction of sp³-hybridized carbons (Fsp3) is 0.0769. The summed E-state index contributed by atoms with van der Waals surface area (Å²) < 4.78 is 14.4. The Balaban J connectivity index is 2.28. The molecule has 1 heterocycles. The summed E-state index contributed by atoms with van der Waals surface area (Å²) >= 11 is 3.32. The molecule has 0 atom stereocenters. The van der Waals surface area contributed by atoms with Crippen LogP contribution in [0.1, 0.15) is 16.1 Å². The Kier molecular flexibility index (Phi) is 4.31. The van der Waals surface area contributed by atoms with Crippen molar-refractivity contribution in [2.24, 2.45) is 5.84 Å². The Morgan fingerprint density at radius 3 is 2.75 bits per heavy atom. The molecule has 0 fully saturated rings. The summed E-state index contributed by atoms with van der Waals surface area (Å²) in [5, 5.41) is 2.60. The minimum absolute atomic E-state index is 0.0566. The smallest absolute Gasteiger partial charge is 0.259 e. The number of carbonyl (C=O) groups is 1. The summed E-state index contributed by atoms with van der Waals surface area (Å²) in [6.45, 7) is 1.80. The molecule has 0 unspecified atom stereocenters. The molecule has 0 aliphatic carbocycles. The van der Waals surface area contributed by atoms with Crippen LogP contribution in [0.15, 0.2) is 34.8 Å². The number of benzene rings is 1. The summed E-state index contributed by atoms with van der Waals surface area (Å²) in [7, 11) is 0. The van der Waals surface area contributed by atoms with E-state index < -0.39 is 11.7 Å². The third-order valence-corrected chi connectivity index (χ3v) is 3.50. The van der Waals surface area contributed by atoms with Crippen LogP contribution in [0.2, 0.25) is 0 Å². The molecule has 0 spiro atoms. The number of nitrogens with zero attached hydrogens (tertiary/aromatic N) is 1. The fourth-order valence-electron chi connectivity index (χ4n) is 1.66. The normalized spacial score (nSPS) is 10.2. The highest BCUT2D eigenvalue weighted by molar-refractivity contribution is 9.10. The van der Waals surface area contributed by atoms with Crippen LogP contribution in [0.5, 0.6) is 0 Å². The lowest BCUT2D eigenvalue weighted by atomic mass is 10.1. The van der Waals surface area contributed by atoms with Gasteiger partial charge in [0.15, 0.2) is 0 Å². The minimum Gasteiger partial charge on any atom is -0.321 e. The Hall–Kier alpha value is -1.99. The average molecular weight is 339 g/mol. The van der Waals surface area contributed by atoms with Crippen molar-refractivity contribution in [3.8, 4) is 0 Å². The van der Waals surface area contributed by atoms with Crippen LogP contribution < -0.4 is 16.6 Å². The summed E-state index contributed by atoms with van der Waals surface area (Å²) in [6.07, 6.45) is 0. The van der Waals surface area contributed by atoms with Crippen LogP contribution in [0.4, 0.5) is 15.9 Å². The fourth-order valence-corrected chi connectivity index (χ4v) is 1.88. The Morgan fingerprint density at radius 2 is 2.10 bits per heavy atom. The van der Waals surface area contributed by atoms with E-state index in [1.807, 2.05) is 0 Å². The van der Waals surface area contributed by atoms with E-state index in [1.165, 1.54) is 18.2 Å². The topological polar surface area (TPSA) is 80.0 Å². The highest BCUT2D eigenvalue weighted by Crippen LogP contribution is 2.21. The number of carbonyl (C=O) groups excluding carboxylic acids is 1. The van der Waals surface area contributed by atoms with E-state index in [4.69, 9.17) is 5.84 Å². The number of hydrazine groups is 1. The number of amides is 1. The van der Waals surface area contributed by atoms with Crippen molar-refractivity contribution in [3.05, 3.63) is 51.9 Å². The first-order valence-corrected chi connectivity index (χ1v) is 6.52. The second kappa shape index (κ2) is 5.98. The number of halogens is 2. The maximum atomic E-state index is 13.5. The predicted molar refractivity (Wildman–Crippen MR) is 78.8 cm³/mol. The van der Waals surface area contributed by atoms with Crippen LogP contribution >= 0.6 is 15.9 Å². The lowest BCUT2D eigenvalue weighted by Gasteiger charge is -2.10. The summed E-state index contributed by atoms with van der Waals surface area (Å²) in [6, 6.07) is 7.54. The molecule has 4 N–H and O–H groups in total. The van der Waals surface area contributed by atoms with Gasteiger partial charge in [0.05, 0.1) is 16.9 Å². The molecule has 0 saturated carbocycles. The molecule has 1 amide bonds. The van der Waals surface area contributed by atoms with E-state index in [0.29, 0.717) is 5.82 Å². The second-order valence-corrected chi connectivity index (χ2v) is 4.88. The van der Waals surface area contributed by atoms with Crippen LogP contribution in [-0.2, 0) is 0 Å². The first-order chi connectivity index (χ1) is 9.52. The summed E-state index contributed by atoms with van der Waals surface area (Å²) in [4.78, 5) is 16.3. The van der Waals surface area contributed by atoms with Crippen LogP contribution in [0, 0.1) is 12.7 Å². The van der Waals surface area contributed by atoms with Crippen molar-refractivity contribution in [3.63, 3.8) is 0 Å². The summed E-state index contributed by atoms with van der Waals surface area (Å²) in [5.74, 6) is 4.52. The lowest BCUT2D eigenvalue weighted by molar-refractivity contribution is 0.102. The molecule has 0 radical (unpaired) electrons. The monoisotopic (exact) mass is 338 g/mol. The zero-order valence-corrected chi connectivity index (χ0v) is 12.2.